The molecule has 8 rings (SSSR count). The highest BCUT2D eigenvalue weighted by molar-refractivity contribution is 6.64. The number of esters is 5. The van der Waals surface area contributed by atoms with E-state index in [0.717, 1.165) is 56.3 Å². The molecule has 0 aliphatic heterocycles. The first-order chi connectivity index (χ1) is 28.0. The van der Waals surface area contributed by atoms with Crippen molar-refractivity contribution in [2.45, 2.75) is 128 Å². The average molecular weight is 1030 g/mol. The molecular formula is C42H55ClF6IO12-. The Bertz CT molecular complexity index is 1660. The molecule has 20 heteroatoms. The van der Waals surface area contributed by atoms with Crippen molar-refractivity contribution in [3.05, 3.63) is 24.3 Å². The molecule has 0 amide bonds. The van der Waals surface area contributed by atoms with Crippen LogP contribution in [0.2, 0.25) is 0 Å². The lowest BCUT2D eigenvalue weighted by Crippen LogP contribution is -3.00. The molecule has 2 unspecified atom stereocenters. The molecule has 2 atom stereocenters. The van der Waals surface area contributed by atoms with E-state index in [1.165, 1.54) is 33.1 Å². The molecule has 1 N–H and O–H groups in total. The van der Waals surface area contributed by atoms with Gasteiger partial charge in [-0.1, -0.05) is 13.2 Å². The first kappa shape index (κ1) is 53.4. The first-order valence-corrected chi connectivity index (χ1v) is 20.7. The number of hydrogen-bond acceptors (Lipinski definition) is 12. The Morgan fingerprint density at radius 2 is 0.887 bits per heavy atom. The van der Waals surface area contributed by atoms with Crippen LogP contribution in [0.4, 0.5) is 26.3 Å². The third kappa shape index (κ3) is 12.4. The fraction of sp³-hybridized carbons (Fsp3) is 0.762. The van der Waals surface area contributed by atoms with Crippen LogP contribution in [-0.4, -0.2) is 90.2 Å². The van der Waals surface area contributed by atoms with E-state index in [1.54, 1.807) is 0 Å². The Morgan fingerprint density at radius 3 is 1.18 bits per heavy atom. The summed E-state index contributed by atoms with van der Waals surface area (Å²) in [5, 5.41) is 8.86. The summed E-state index contributed by atoms with van der Waals surface area (Å²) >= 11 is 5.76. The molecular weight excluding hydrogens is 973 g/mol. The second-order valence-corrected chi connectivity index (χ2v) is 18.6. The van der Waals surface area contributed by atoms with Crippen molar-refractivity contribution in [2.24, 2.45) is 46.3 Å². The Labute approximate surface area is 378 Å². The molecule has 12 nitrogen and oxygen atoms in total. The molecule has 8 saturated carbocycles. The number of carbonyl (C=O) groups is 6. The van der Waals surface area contributed by atoms with Gasteiger partial charge in [0.2, 0.25) is 5.24 Å². The minimum Gasteiger partial charge on any atom is -1.00 e. The minimum atomic E-state index is -5.16. The van der Waals surface area contributed by atoms with Gasteiger partial charge in [0.25, 0.3) is 11.2 Å². The van der Waals surface area contributed by atoms with E-state index in [-0.39, 0.29) is 52.7 Å². The molecule has 0 saturated heterocycles. The van der Waals surface area contributed by atoms with E-state index in [9.17, 15) is 55.1 Å². The molecule has 62 heavy (non-hydrogen) atoms. The molecule has 352 valence electrons. The molecule has 8 aliphatic rings. The van der Waals surface area contributed by atoms with Crippen molar-refractivity contribution >= 4 is 46.7 Å². The fourth-order valence-electron chi connectivity index (χ4n) is 10.4. The number of ether oxygens (including phenoxy) is 5. The highest BCUT2D eigenvalue weighted by atomic mass is 127. The van der Waals surface area contributed by atoms with Gasteiger partial charge >= 0.3 is 42.2 Å². The van der Waals surface area contributed by atoms with Gasteiger partial charge in [-0.15, -0.1) is 0 Å². The molecule has 0 heterocycles. The number of alkyl halides is 6. The second-order valence-electron chi connectivity index (χ2n) is 18.3. The van der Waals surface area contributed by atoms with Crippen LogP contribution in [0.1, 0.15) is 105 Å². The lowest BCUT2D eigenvalue weighted by Gasteiger charge is -2.55. The van der Waals surface area contributed by atoms with Crippen LogP contribution in [0.5, 0.6) is 0 Å². The number of carbonyl (C=O) groups excluding carboxylic acids is 6. The summed E-state index contributed by atoms with van der Waals surface area (Å²) in [6.07, 6.45) is 1.69. The SMILES string of the molecule is C=C(C)C(=O)OCCOC(=O)C(C)(O)C(F)(F)F.C=C(C)C(=O)OCCOC(=O)C(C)(OC(=O)C12CC3CC(CC(C3)C1)C2)C(F)(F)F.O=C(Cl)C12CC3CC(CC(C3)C1)C2.[I-]. The van der Waals surface area contributed by atoms with E-state index in [4.69, 9.17) is 26.2 Å². The second kappa shape index (κ2) is 20.5. The summed E-state index contributed by atoms with van der Waals surface area (Å²) in [5.74, 6) is -2.60. The van der Waals surface area contributed by atoms with Crippen molar-refractivity contribution in [2.75, 3.05) is 26.4 Å². The van der Waals surface area contributed by atoms with E-state index in [0.29, 0.717) is 43.9 Å². The Kier molecular flexibility index (Phi) is 17.6. The third-order valence-corrected chi connectivity index (χ3v) is 13.3. The maximum atomic E-state index is 13.8. The number of hydrogen-bond donors (Lipinski definition) is 1. The number of aliphatic hydroxyl groups is 1. The highest BCUT2D eigenvalue weighted by Gasteiger charge is 2.65. The van der Waals surface area contributed by atoms with Crippen LogP contribution >= 0.6 is 11.6 Å². The van der Waals surface area contributed by atoms with Gasteiger partial charge < -0.3 is 52.8 Å². The zero-order valence-electron chi connectivity index (χ0n) is 35.2. The summed E-state index contributed by atoms with van der Waals surface area (Å²) in [6.45, 7) is 8.14. The zero-order valence-corrected chi connectivity index (χ0v) is 38.1. The van der Waals surface area contributed by atoms with Gasteiger partial charge in [0.05, 0.1) is 5.41 Å². The van der Waals surface area contributed by atoms with Gasteiger partial charge in [-0.2, -0.15) is 26.3 Å². The topological polar surface area (TPSA) is 169 Å². The van der Waals surface area contributed by atoms with Crippen LogP contribution in [-0.2, 0) is 52.5 Å². The van der Waals surface area contributed by atoms with Crippen LogP contribution in [0.15, 0.2) is 24.3 Å². The maximum Gasteiger partial charge on any atom is 0.439 e. The molecule has 0 aromatic rings. The lowest BCUT2D eigenvalue weighted by molar-refractivity contribution is -0.272. The van der Waals surface area contributed by atoms with Crippen LogP contribution < -0.4 is 24.0 Å². The number of rotatable bonds is 13. The normalized spacial score (nSPS) is 30.5. The molecule has 8 fully saturated rings. The number of halogens is 8. The molecule has 8 bridgehead atoms. The minimum absolute atomic E-state index is 0. The van der Waals surface area contributed by atoms with E-state index < -0.39 is 85.2 Å². The smallest absolute Gasteiger partial charge is 0.439 e. The van der Waals surface area contributed by atoms with Crippen LogP contribution in [0.3, 0.4) is 0 Å². The molecule has 0 spiro atoms. The van der Waals surface area contributed by atoms with Gasteiger partial charge in [-0.25, -0.2) is 19.2 Å². The predicted octanol–water partition coefficient (Wildman–Crippen LogP) is 4.66. The van der Waals surface area contributed by atoms with Crippen molar-refractivity contribution in [3.8, 4) is 0 Å². The van der Waals surface area contributed by atoms with Gasteiger partial charge in [0.15, 0.2) is 0 Å². The van der Waals surface area contributed by atoms with Crippen molar-refractivity contribution in [1.82, 2.24) is 0 Å². The average Bonchev–Trinajstić information content (AvgIpc) is 3.13. The van der Waals surface area contributed by atoms with Crippen LogP contribution in [0.25, 0.3) is 0 Å². The quantitative estimate of drug-likeness (QED) is 0.0516. The zero-order chi connectivity index (χ0) is 45.9. The Balaban J connectivity index is 0.000000271. The van der Waals surface area contributed by atoms with Gasteiger partial charge in [0.1, 0.15) is 26.4 Å². The van der Waals surface area contributed by atoms with Gasteiger partial charge in [0, 0.05) is 16.6 Å². The van der Waals surface area contributed by atoms with Crippen molar-refractivity contribution in [1.29, 1.82) is 0 Å². The molecule has 8 aliphatic carbocycles. The van der Waals surface area contributed by atoms with E-state index in [2.05, 4.69) is 27.4 Å². The van der Waals surface area contributed by atoms with Crippen molar-refractivity contribution in [3.63, 3.8) is 0 Å². The maximum absolute atomic E-state index is 13.8. The van der Waals surface area contributed by atoms with Gasteiger partial charge in [-0.05, 0) is 152 Å². The summed E-state index contributed by atoms with van der Waals surface area (Å²) in [5.41, 5.74) is -7.83. The molecule has 0 radical (unpaired) electrons. The third-order valence-electron chi connectivity index (χ3n) is 12.9. The molecule has 0 aromatic carbocycles. The lowest BCUT2D eigenvalue weighted by atomic mass is 9.49. The van der Waals surface area contributed by atoms with Gasteiger partial charge in [-0.3, -0.25) is 9.59 Å². The summed E-state index contributed by atoms with van der Waals surface area (Å²) in [7, 11) is 0. The van der Waals surface area contributed by atoms with E-state index in [1.807, 2.05) is 0 Å². The van der Waals surface area contributed by atoms with Crippen LogP contribution in [0, 0.1) is 46.3 Å². The standard InChI is InChI=1S/C21H27F3O6.C11H15ClO.C10H13F3O5.HI/c1-12(2)16(25)28-4-5-29-17(26)19(3,21(22,23)24)30-18(27)20-9-13-6-14(10-20)8-15(7-13)11-20;12-10(13)11-4-7-1-8(5-11)3-9(2-7)6-11;1-6(2)7(14)17-4-5-18-8(15)9(3,16)10(11,12)13;/h13-15H,1,4-11H2,2-3H3;7-9H,1-6H2;16H,1,4-5H2,2-3H3;1H/p-1. The molecule has 0 aromatic heterocycles. The Morgan fingerprint density at radius 1 is 0.581 bits per heavy atom. The summed E-state index contributed by atoms with van der Waals surface area (Å²) in [4.78, 5) is 69.8. The summed E-state index contributed by atoms with van der Waals surface area (Å²) < 4.78 is 101. The monoisotopic (exact) mass is 1030 g/mol. The highest BCUT2D eigenvalue weighted by Crippen LogP contribution is 2.62. The summed E-state index contributed by atoms with van der Waals surface area (Å²) in [6, 6.07) is 0. The van der Waals surface area contributed by atoms with E-state index >= 15 is 0 Å². The largest absolute Gasteiger partial charge is 1.00 e. The fourth-order valence-corrected chi connectivity index (χ4v) is 10.6. The Hall–Kier alpha value is -2.94. The van der Waals surface area contributed by atoms with Crippen molar-refractivity contribution < 1.29 is 108 Å². The first-order valence-electron chi connectivity index (χ1n) is 20.3. The predicted molar refractivity (Wildman–Crippen MR) is 203 cm³/mol.